The fourth-order valence-corrected chi connectivity index (χ4v) is 5.34. The third-order valence-corrected chi connectivity index (χ3v) is 7.49. The Balaban J connectivity index is 1.38. The molecule has 0 unspecified atom stereocenters. The quantitative estimate of drug-likeness (QED) is 0.578. The average Bonchev–Trinajstić information content (AvgIpc) is 3.18. The second kappa shape index (κ2) is 9.33. The predicted molar refractivity (Wildman–Crippen MR) is 119 cm³/mol. The molecule has 0 spiro atoms. The molecule has 1 amide bonds. The van der Waals surface area contributed by atoms with Crippen molar-refractivity contribution in [2.24, 2.45) is 0 Å². The number of nitrogens with one attached hydrogen (secondary N) is 1. The van der Waals surface area contributed by atoms with Gasteiger partial charge in [-0.1, -0.05) is 23.2 Å². The van der Waals surface area contributed by atoms with E-state index in [0.29, 0.717) is 48.7 Å². The van der Waals surface area contributed by atoms with E-state index in [-0.39, 0.29) is 10.8 Å². The number of benzene rings is 2. The molecular weight excluding hydrogens is 438 g/mol. The van der Waals surface area contributed by atoms with Gasteiger partial charge in [0.1, 0.15) is 5.52 Å². The third kappa shape index (κ3) is 5.06. The Bertz CT molecular complexity index is 1170. The van der Waals surface area contributed by atoms with Crippen molar-refractivity contribution in [1.82, 2.24) is 19.3 Å². The van der Waals surface area contributed by atoms with Crippen molar-refractivity contribution in [2.45, 2.75) is 43.5 Å². The number of piperidine rings is 1. The van der Waals surface area contributed by atoms with Gasteiger partial charge in [-0.05, 0) is 61.7 Å². The van der Waals surface area contributed by atoms with Crippen LogP contribution in [0.25, 0.3) is 11.0 Å². The van der Waals surface area contributed by atoms with Crippen molar-refractivity contribution in [3.05, 3.63) is 47.5 Å². The lowest BCUT2D eigenvalue weighted by Crippen LogP contribution is -2.35. The third-order valence-electron chi connectivity index (χ3n) is 5.34. The molecule has 10 heteroatoms. The molecule has 164 valence electrons. The van der Waals surface area contributed by atoms with Crippen molar-refractivity contribution in [3.63, 3.8) is 0 Å². The average molecular weight is 462 g/mol. The zero-order chi connectivity index (χ0) is 21.8. The predicted octanol–water partition coefficient (Wildman–Crippen LogP) is 3.68. The number of hydrogen-bond acceptors (Lipinski definition) is 5. The van der Waals surface area contributed by atoms with E-state index in [2.05, 4.69) is 15.6 Å². The van der Waals surface area contributed by atoms with Gasteiger partial charge < -0.3 is 5.32 Å². The van der Waals surface area contributed by atoms with E-state index < -0.39 is 10.0 Å². The molecule has 0 aliphatic carbocycles. The number of halogens is 1. The number of rotatable bonds is 7. The molecular formula is C21H24ClN5O3S. The molecule has 8 nitrogen and oxygen atoms in total. The van der Waals surface area contributed by atoms with Crippen molar-refractivity contribution in [1.29, 1.82) is 0 Å². The maximum atomic E-state index is 12.9. The van der Waals surface area contributed by atoms with Gasteiger partial charge >= 0.3 is 0 Å². The fraction of sp³-hybridized carbons (Fsp3) is 0.381. The van der Waals surface area contributed by atoms with Gasteiger partial charge in [0.25, 0.3) is 0 Å². The molecule has 2 aromatic carbocycles. The Morgan fingerprint density at radius 1 is 1.06 bits per heavy atom. The lowest BCUT2D eigenvalue weighted by atomic mass is 10.2. The van der Waals surface area contributed by atoms with Gasteiger partial charge in [-0.2, -0.15) is 4.31 Å². The molecule has 2 heterocycles. The summed E-state index contributed by atoms with van der Waals surface area (Å²) in [5.74, 6) is -0.0957. The summed E-state index contributed by atoms with van der Waals surface area (Å²) in [5.41, 5.74) is 1.97. The first-order valence-electron chi connectivity index (χ1n) is 10.3. The second-order valence-electron chi connectivity index (χ2n) is 7.59. The fourth-order valence-electron chi connectivity index (χ4n) is 3.68. The van der Waals surface area contributed by atoms with E-state index in [9.17, 15) is 13.2 Å². The van der Waals surface area contributed by atoms with Crippen LogP contribution in [0.2, 0.25) is 5.02 Å². The minimum Gasteiger partial charge on any atom is -0.326 e. The summed E-state index contributed by atoms with van der Waals surface area (Å²) >= 11 is 5.85. The zero-order valence-electron chi connectivity index (χ0n) is 17.0. The van der Waals surface area contributed by atoms with Gasteiger partial charge in [0.05, 0.1) is 10.4 Å². The standard InChI is InChI=1S/C21H24ClN5O3S/c22-16-6-8-17(9-7-16)23-21(28)5-4-14-27-20-11-10-18(15-19(20)24-25-27)31(29,30)26-12-2-1-3-13-26/h6-11,15H,1-5,12-14H2,(H,23,28). The maximum Gasteiger partial charge on any atom is 0.243 e. The van der Waals surface area contributed by atoms with E-state index in [0.717, 1.165) is 24.8 Å². The number of aryl methyl sites for hydroxylation is 1. The second-order valence-corrected chi connectivity index (χ2v) is 9.96. The largest absolute Gasteiger partial charge is 0.326 e. The monoisotopic (exact) mass is 461 g/mol. The zero-order valence-corrected chi connectivity index (χ0v) is 18.6. The van der Waals surface area contributed by atoms with Crippen LogP contribution in [-0.2, 0) is 21.4 Å². The summed E-state index contributed by atoms with van der Waals surface area (Å²) in [7, 11) is -3.51. The number of aromatic nitrogens is 3. The Morgan fingerprint density at radius 2 is 1.81 bits per heavy atom. The molecule has 0 atom stereocenters. The van der Waals surface area contributed by atoms with Crippen molar-refractivity contribution >= 4 is 44.3 Å². The number of sulfonamides is 1. The molecule has 1 N–H and O–H groups in total. The van der Waals surface area contributed by atoms with Crippen LogP contribution in [0.3, 0.4) is 0 Å². The maximum absolute atomic E-state index is 12.9. The number of nitrogens with zero attached hydrogens (tertiary/aromatic N) is 4. The minimum absolute atomic E-state index is 0.0957. The first-order valence-corrected chi connectivity index (χ1v) is 12.1. The van der Waals surface area contributed by atoms with Gasteiger partial charge in [0.2, 0.25) is 15.9 Å². The Morgan fingerprint density at radius 3 is 2.55 bits per heavy atom. The summed E-state index contributed by atoms with van der Waals surface area (Å²) in [4.78, 5) is 12.4. The van der Waals surface area contributed by atoms with Crippen LogP contribution >= 0.6 is 11.6 Å². The highest BCUT2D eigenvalue weighted by Gasteiger charge is 2.26. The van der Waals surface area contributed by atoms with Crippen molar-refractivity contribution < 1.29 is 13.2 Å². The van der Waals surface area contributed by atoms with Gasteiger partial charge in [0.15, 0.2) is 0 Å². The summed E-state index contributed by atoms with van der Waals surface area (Å²) in [6, 6.07) is 11.9. The van der Waals surface area contributed by atoms with Gasteiger partial charge in [-0.3, -0.25) is 4.79 Å². The first-order chi connectivity index (χ1) is 14.9. The molecule has 31 heavy (non-hydrogen) atoms. The smallest absolute Gasteiger partial charge is 0.243 e. The number of hydrogen-bond donors (Lipinski definition) is 1. The van der Waals surface area contributed by atoms with Crippen molar-refractivity contribution in [2.75, 3.05) is 18.4 Å². The van der Waals surface area contributed by atoms with Crippen LogP contribution in [0.5, 0.6) is 0 Å². The highest BCUT2D eigenvalue weighted by atomic mass is 35.5. The van der Waals surface area contributed by atoms with Gasteiger partial charge in [0, 0.05) is 36.8 Å². The molecule has 0 saturated carbocycles. The lowest BCUT2D eigenvalue weighted by molar-refractivity contribution is -0.116. The number of carbonyl (C=O) groups excluding carboxylic acids is 1. The SMILES string of the molecule is O=C(CCCn1nnc2cc(S(=O)(=O)N3CCCCC3)ccc21)Nc1ccc(Cl)cc1. The van der Waals surface area contributed by atoms with E-state index in [4.69, 9.17) is 11.6 Å². The van der Waals surface area contributed by atoms with E-state index in [1.54, 1.807) is 51.5 Å². The summed E-state index contributed by atoms with van der Waals surface area (Å²) in [5, 5.41) is 11.7. The molecule has 1 aromatic heterocycles. The van der Waals surface area contributed by atoms with Crippen LogP contribution in [0.15, 0.2) is 47.4 Å². The Labute approximate surface area is 186 Å². The van der Waals surface area contributed by atoms with E-state index in [1.165, 1.54) is 0 Å². The first kappa shape index (κ1) is 21.7. The van der Waals surface area contributed by atoms with Gasteiger partial charge in [-0.25, -0.2) is 13.1 Å². The molecule has 0 bridgehead atoms. The Hall–Kier alpha value is -2.49. The van der Waals surface area contributed by atoms with Gasteiger partial charge in [-0.15, -0.1) is 5.10 Å². The van der Waals surface area contributed by atoms with Crippen LogP contribution in [0.1, 0.15) is 32.1 Å². The molecule has 1 saturated heterocycles. The summed E-state index contributed by atoms with van der Waals surface area (Å²) in [6.07, 6.45) is 3.75. The summed E-state index contributed by atoms with van der Waals surface area (Å²) in [6.45, 7) is 1.62. The normalized spacial score (nSPS) is 15.3. The number of anilines is 1. The van der Waals surface area contributed by atoms with Crippen LogP contribution in [0.4, 0.5) is 5.69 Å². The van der Waals surface area contributed by atoms with Crippen LogP contribution in [0, 0.1) is 0 Å². The van der Waals surface area contributed by atoms with Crippen LogP contribution in [-0.4, -0.2) is 46.7 Å². The highest BCUT2D eigenvalue weighted by molar-refractivity contribution is 7.89. The van der Waals surface area contributed by atoms with Crippen LogP contribution < -0.4 is 5.32 Å². The topological polar surface area (TPSA) is 97.2 Å². The molecule has 4 rings (SSSR count). The summed E-state index contributed by atoms with van der Waals surface area (Å²) < 4.78 is 29.0. The van der Waals surface area contributed by atoms with E-state index in [1.807, 2.05) is 0 Å². The number of amides is 1. The van der Waals surface area contributed by atoms with E-state index >= 15 is 0 Å². The molecule has 1 aliphatic heterocycles. The molecule has 1 aliphatic rings. The van der Waals surface area contributed by atoms with Crippen molar-refractivity contribution in [3.8, 4) is 0 Å². The Kier molecular flexibility index (Phi) is 6.54. The molecule has 1 fully saturated rings. The highest BCUT2D eigenvalue weighted by Crippen LogP contribution is 2.23. The molecule has 0 radical (unpaired) electrons. The lowest BCUT2D eigenvalue weighted by Gasteiger charge is -2.25. The number of fused-ring (bicyclic) bond motifs is 1. The number of carbonyl (C=O) groups is 1. The molecule has 3 aromatic rings. The minimum atomic E-state index is -3.51.